The van der Waals surface area contributed by atoms with E-state index in [-0.39, 0.29) is 16.4 Å². The van der Waals surface area contributed by atoms with E-state index in [1.807, 2.05) is 0 Å². The number of nitrogen functional groups attached to an aromatic ring is 1. The molecular formula is C19H22F4N4OS. The number of rotatable bonds is 4. The number of alkyl halides is 3. The number of thioether (sulfide) groups is 1. The van der Waals surface area contributed by atoms with Crippen LogP contribution < -0.4 is 11.5 Å². The zero-order chi connectivity index (χ0) is 21.6. The maximum atomic E-state index is 14.6. The van der Waals surface area contributed by atoms with E-state index in [9.17, 15) is 22.4 Å². The number of amides is 1. The van der Waals surface area contributed by atoms with Gasteiger partial charge in [0.2, 0.25) is 5.91 Å². The third-order valence-corrected chi connectivity index (χ3v) is 6.81. The molecule has 0 bridgehead atoms. The van der Waals surface area contributed by atoms with E-state index in [0.29, 0.717) is 0 Å². The summed E-state index contributed by atoms with van der Waals surface area (Å²) in [6, 6.07) is 3.83. The Labute approximate surface area is 170 Å². The number of amidine groups is 1. The number of aliphatic imine (C=N–C) groups is 1. The Bertz CT molecular complexity index is 885. The summed E-state index contributed by atoms with van der Waals surface area (Å²) < 4.78 is 54.1. The van der Waals surface area contributed by atoms with Crippen LogP contribution in [0.2, 0.25) is 0 Å². The van der Waals surface area contributed by atoms with Crippen molar-refractivity contribution in [1.29, 1.82) is 0 Å². The largest absolute Gasteiger partial charge is 0.399 e. The Kier molecular flexibility index (Phi) is 5.35. The fourth-order valence-corrected chi connectivity index (χ4v) is 4.85. The van der Waals surface area contributed by atoms with Crippen LogP contribution in [0.3, 0.4) is 0 Å². The summed E-state index contributed by atoms with van der Waals surface area (Å²) in [5, 5.41) is 0.0256. The van der Waals surface area contributed by atoms with Crippen molar-refractivity contribution in [3.05, 3.63) is 41.7 Å². The molecule has 0 aromatic heterocycles. The second kappa shape index (κ2) is 7.23. The predicted octanol–water partition coefficient (Wildman–Crippen LogP) is 3.06. The summed E-state index contributed by atoms with van der Waals surface area (Å²) >= 11 is 1.10. The van der Waals surface area contributed by atoms with Gasteiger partial charge in [0.1, 0.15) is 18.0 Å². The van der Waals surface area contributed by atoms with Gasteiger partial charge in [-0.1, -0.05) is 24.8 Å². The topological polar surface area (TPSA) is 84.7 Å². The summed E-state index contributed by atoms with van der Waals surface area (Å²) in [5.41, 5.74) is 10.3. The highest BCUT2D eigenvalue weighted by molar-refractivity contribution is 8.15. The molecule has 1 aromatic rings. The number of nitrogens with two attached hydrogens (primary N) is 2. The summed E-state index contributed by atoms with van der Waals surface area (Å²) in [5.74, 6) is -4.76. The van der Waals surface area contributed by atoms with Gasteiger partial charge in [-0.05, 0) is 25.1 Å². The molecule has 5 nitrogen and oxygen atoms in total. The minimum absolute atomic E-state index is 0.0240. The quantitative estimate of drug-likeness (QED) is 0.437. The van der Waals surface area contributed by atoms with Crippen molar-refractivity contribution in [2.24, 2.45) is 16.6 Å². The molecule has 1 fully saturated rings. The van der Waals surface area contributed by atoms with Crippen LogP contribution >= 0.6 is 11.8 Å². The van der Waals surface area contributed by atoms with Crippen molar-refractivity contribution in [1.82, 2.24) is 4.90 Å². The first kappa shape index (κ1) is 21.5. The van der Waals surface area contributed by atoms with Gasteiger partial charge in [0, 0.05) is 28.0 Å². The smallest absolute Gasteiger partial charge is 0.282 e. The van der Waals surface area contributed by atoms with Crippen LogP contribution in [0, 0.1) is 11.7 Å². The summed E-state index contributed by atoms with van der Waals surface area (Å²) in [7, 11) is 0. The van der Waals surface area contributed by atoms with Gasteiger partial charge in [-0.25, -0.2) is 22.6 Å². The molecule has 0 saturated carbocycles. The number of hydrogen-bond donors (Lipinski definition) is 2. The Balaban J connectivity index is 1.95. The standard InChI is InChI=1S/C19H22F4N4OS/c1-11-17(2,6-5-15(28)27-9-18(22,23)10-27)29-16(25)26-19(11,8-20)13-7-12(24)3-4-14(13)21/h3-7,11H,8-10,24H2,1-2H3,(H2,25,26)/b6-5+/t11?,17-,19+/m1/s1. The fraction of sp³-hybridized carbons (Fsp3) is 0.474. The summed E-state index contributed by atoms with van der Waals surface area (Å²) in [6.07, 6.45) is 2.67. The monoisotopic (exact) mass is 430 g/mol. The molecule has 0 spiro atoms. The number of likely N-dealkylation sites (tertiary alicyclic amines) is 1. The predicted molar refractivity (Wildman–Crippen MR) is 106 cm³/mol. The molecule has 1 saturated heterocycles. The third-order valence-electron chi connectivity index (χ3n) is 5.58. The van der Waals surface area contributed by atoms with Gasteiger partial charge in [0.15, 0.2) is 5.17 Å². The molecule has 2 heterocycles. The molecule has 4 N–H and O–H groups in total. The fourth-order valence-electron chi connectivity index (χ4n) is 3.68. The van der Waals surface area contributed by atoms with Gasteiger partial charge in [-0.3, -0.25) is 4.79 Å². The molecule has 2 aliphatic rings. The zero-order valence-electron chi connectivity index (χ0n) is 16.0. The van der Waals surface area contributed by atoms with E-state index in [1.54, 1.807) is 13.8 Å². The molecule has 1 unspecified atom stereocenters. The number of hydrogen-bond acceptors (Lipinski definition) is 5. The minimum atomic E-state index is -2.87. The third kappa shape index (κ3) is 3.82. The number of halogens is 4. The van der Waals surface area contributed by atoms with Crippen LogP contribution in [0.15, 0.2) is 35.3 Å². The lowest BCUT2D eigenvalue weighted by atomic mass is 9.73. The lowest BCUT2D eigenvalue weighted by Crippen LogP contribution is -2.58. The van der Waals surface area contributed by atoms with Crippen LogP contribution in [0.4, 0.5) is 23.2 Å². The molecule has 2 aliphatic heterocycles. The summed E-state index contributed by atoms with van der Waals surface area (Å²) in [4.78, 5) is 17.4. The number of nitrogens with zero attached hydrogens (tertiary/aromatic N) is 2. The number of carbonyl (C=O) groups excluding carboxylic acids is 1. The van der Waals surface area contributed by atoms with E-state index in [1.165, 1.54) is 24.3 Å². The molecule has 10 heteroatoms. The average molecular weight is 430 g/mol. The Hall–Kier alpha value is -2.23. The molecular weight excluding hydrogens is 408 g/mol. The van der Waals surface area contributed by atoms with Crippen molar-refractivity contribution in [2.45, 2.75) is 30.1 Å². The van der Waals surface area contributed by atoms with E-state index in [4.69, 9.17) is 11.5 Å². The van der Waals surface area contributed by atoms with Gasteiger partial charge in [0.25, 0.3) is 5.92 Å². The van der Waals surface area contributed by atoms with Crippen molar-refractivity contribution < 1.29 is 22.4 Å². The Morgan fingerprint density at radius 3 is 2.62 bits per heavy atom. The van der Waals surface area contributed by atoms with Gasteiger partial charge < -0.3 is 16.4 Å². The van der Waals surface area contributed by atoms with E-state index < -0.39 is 53.6 Å². The number of anilines is 1. The maximum absolute atomic E-state index is 14.6. The molecule has 1 aromatic carbocycles. The lowest BCUT2D eigenvalue weighted by Gasteiger charge is -2.46. The highest BCUT2D eigenvalue weighted by atomic mass is 32.2. The van der Waals surface area contributed by atoms with Crippen LogP contribution in [-0.4, -0.2) is 46.4 Å². The van der Waals surface area contributed by atoms with Gasteiger partial charge in [0.05, 0.1) is 13.1 Å². The van der Waals surface area contributed by atoms with E-state index >= 15 is 0 Å². The second-order valence-corrected chi connectivity index (χ2v) is 9.14. The molecule has 0 radical (unpaired) electrons. The Morgan fingerprint density at radius 2 is 2.03 bits per heavy atom. The zero-order valence-corrected chi connectivity index (χ0v) is 16.8. The number of benzene rings is 1. The minimum Gasteiger partial charge on any atom is -0.399 e. The molecule has 158 valence electrons. The van der Waals surface area contributed by atoms with Crippen LogP contribution in [-0.2, 0) is 10.3 Å². The van der Waals surface area contributed by atoms with Crippen LogP contribution in [0.1, 0.15) is 19.4 Å². The van der Waals surface area contributed by atoms with Gasteiger partial charge in [-0.15, -0.1) is 0 Å². The van der Waals surface area contributed by atoms with Crippen LogP contribution in [0.25, 0.3) is 0 Å². The van der Waals surface area contributed by atoms with Crippen molar-refractivity contribution >= 4 is 28.5 Å². The van der Waals surface area contributed by atoms with Crippen molar-refractivity contribution in [3.63, 3.8) is 0 Å². The molecule has 0 aliphatic carbocycles. The first-order chi connectivity index (χ1) is 13.4. The average Bonchev–Trinajstić information content (AvgIpc) is 2.63. The molecule has 3 rings (SSSR count). The van der Waals surface area contributed by atoms with Gasteiger partial charge >= 0.3 is 0 Å². The summed E-state index contributed by atoms with van der Waals surface area (Å²) in [6.45, 7) is 1.08. The SMILES string of the molecule is CC1[C@@](C)(/C=C/C(=O)N2CC(F)(F)C2)SC(N)=N[C@]1(CF)c1cc(N)ccc1F. The van der Waals surface area contributed by atoms with Crippen molar-refractivity contribution in [2.75, 3.05) is 25.5 Å². The van der Waals surface area contributed by atoms with E-state index in [2.05, 4.69) is 4.99 Å². The van der Waals surface area contributed by atoms with E-state index in [0.717, 1.165) is 22.7 Å². The Morgan fingerprint density at radius 1 is 1.38 bits per heavy atom. The van der Waals surface area contributed by atoms with Gasteiger partial charge in [-0.2, -0.15) is 0 Å². The highest BCUT2D eigenvalue weighted by Crippen LogP contribution is 2.51. The normalized spacial score (nSPS) is 31.4. The van der Waals surface area contributed by atoms with Crippen molar-refractivity contribution in [3.8, 4) is 0 Å². The first-order valence-electron chi connectivity index (χ1n) is 8.94. The highest BCUT2D eigenvalue weighted by Gasteiger charge is 2.52. The molecule has 1 amide bonds. The number of carbonyl (C=O) groups is 1. The molecule has 29 heavy (non-hydrogen) atoms. The first-order valence-corrected chi connectivity index (χ1v) is 9.76. The molecule has 3 atom stereocenters. The lowest BCUT2D eigenvalue weighted by molar-refractivity contribution is -0.160. The maximum Gasteiger partial charge on any atom is 0.282 e. The van der Waals surface area contributed by atoms with Crippen LogP contribution in [0.5, 0.6) is 0 Å². The second-order valence-electron chi connectivity index (χ2n) is 7.64.